The Labute approximate surface area is 287 Å². The Kier molecular flexibility index (Phi) is 8.94. The van der Waals surface area contributed by atoms with Crippen molar-refractivity contribution >= 4 is 52.1 Å². The van der Waals surface area contributed by atoms with E-state index >= 15 is 0 Å². The second-order valence-corrected chi connectivity index (χ2v) is 19.2. The lowest BCUT2D eigenvalue weighted by Gasteiger charge is -2.44. The van der Waals surface area contributed by atoms with E-state index in [0.29, 0.717) is 18.4 Å². The fourth-order valence-corrected chi connectivity index (χ4v) is 13.3. The molecule has 0 amide bonds. The standard InChI is InChI=1S/C41H40O5SSi/c1-41(2,3)48(30-18-9-5-10-19-30,31-20-11-6-12-21-31)46-34(38-25-29-17-13-14-22-37(29)47-38)24-23-32-33-26-39(42)44-36(33)27-35(32)45-40(43)28-15-7-4-8-16-28/h4-25,32-36H,26-27H2,1-3H3/b24-23+/t32-,33-,34-,35-,36+/m1/s1. The number of hydrogen-bond donors (Lipinski definition) is 0. The van der Waals surface area contributed by atoms with Crippen LogP contribution in [0.1, 0.15) is 55.0 Å². The van der Waals surface area contributed by atoms with E-state index in [2.05, 4.69) is 124 Å². The van der Waals surface area contributed by atoms with Gasteiger partial charge in [-0.3, -0.25) is 4.79 Å². The minimum Gasteiger partial charge on any atom is -0.462 e. The van der Waals surface area contributed by atoms with E-state index in [9.17, 15) is 9.59 Å². The molecule has 2 fully saturated rings. The Balaban J connectivity index is 1.32. The summed E-state index contributed by atoms with van der Waals surface area (Å²) in [4.78, 5) is 26.8. The van der Waals surface area contributed by atoms with Crippen molar-refractivity contribution in [3.05, 3.63) is 144 Å². The van der Waals surface area contributed by atoms with Crippen LogP contribution in [0.2, 0.25) is 5.04 Å². The summed E-state index contributed by atoms with van der Waals surface area (Å²) in [6.45, 7) is 6.85. The van der Waals surface area contributed by atoms with Gasteiger partial charge in [0.2, 0.25) is 0 Å². The van der Waals surface area contributed by atoms with E-state index in [-0.39, 0.29) is 34.9 Å². The maximum atomic E-state index is 13.2. The lowest BCUT2D eigenvalue weighted by molar-refractivity contribution is -0.141. The van der Waals surface area contributed by atoms with E-state index in [0.717, 1.165) is 4.88 Å². The molecule has 0 unspecified atom stereocenters. The van der Waals surface area contributed by atoms with Crippen LogP contribution in [0.25, 0.3) is 10.1 Å². The van der Waals surface area contributed by atoms with Crippen molar-refractivity contribution in [1.29, 1.82) is 0 Å². The Bertz CT molecular complexity index is 1840. The van der Waals surface area contributed by atoms with Crippen LogP contribution in [0.3, 0.4) is 0 Å². The molecule has 5 nitrogen and oxygen atoms in total. The molecule has 0 radical (unpaired) electrons. The lowest BCUT2D eigenvalue weighted by atomic mass is 9.91. The molecule has 5 aromatic rings. The maximum absolute atomic E-state index is 13.2. The van der Waals surface area contributed by atoms with Crippen molar-refractivity contribution < 1.29 is 23.5 Å². The number of benzene rings is 4. The van der Waals surface area contributed by atoms with Crippen LogP contribution < -0.4 is 10.4 Å². The Morgan fingerprint density at radius 2 is 1.48 bits per heavy atom. The number of thiophene rings is 1. The molecule has 0 N–H and O–H groups in total. The van der Waals surface area contributed by atoms with Crippen LogP contribution in [0.5, 0.6) is 0 Å². The summed E-state index contributed by atoms with van der Waals surface area (Å²) < 4.78 is 20.8. The zero-order valence-corrected chi connectivity index (χ0v) is 29.3. The van der Waals surface area contributed by atoms with Gasteiger partial charge in [0.1, 0.15) is 12.2 Å². The maximum Gasteiger partial charge on any atom is 0.338 e. The highest BCUT2D eigenvalue weighted by Crippen LogP contribution is 2.46. The number of esters is 2. The Hall–Kier alpha value is -4.30. The lowest BCUT2D eigenvalue weighted by Crippen LogP contribution is -2.66. The first-order valence-electron chi connectivity index (χ1n) is 16.6. The first-order valence-corrected chi connectivity index (χ1v) is 19.4. The van der Waals surface area contributed by atoms with E-state index in [4.69, 9.17) is 13.9 Å². The summed E-state index contributed by atoms with van der Waals surface area (Å²) in [7, 11) is -2.95. The molecule has 0 spiro atoms. The summed E-state index contributed by atoms with van der Waals surface area (Å²) in [6.07, 6.45) is 3.99. The summed E-state index contributed by atoms with van der Waals surface area (Å²) in [5.41, 5.74) is 0.507. The third-order valence-corrected chi connectivity index (χ3v) is 16.0. The highest BCUT2D eigenvalue weighted by molar-refractivity contribution is 7.19. The van der Waals surface area contributed by atoms with Gasteiger partial charge >= 0.3 is 11.9 Å². The van der Waals surface area contributed by atoms with Crippen molar-refractivity contribution in [2.45, 2.75) is 57.0 Å². The number of carbonyl (C=O) groups is 2. The van der Waals surface area contributed by atoms with Gasteiger partial charge in [-0.15, -0.1) is 11.3 Å². The molecule has 1 aromatic heterocycles. The van der Waals surface area contributed by atoms with Gasteiger partial charge in [0.25, 0.3) is 8.32 Å². The third-order valence-electron chi connectivity index (χ3n) is 9.77. The molecule has 2 aliphatic rings. The quantitative estimate of drug-likeness (QED) is 0.0897. The van der Waals surface area contributed by atoms with Gasteiger partial charge in [-0.05, 0) is 45.1 Å². The number of ether oxygens (including phenoxy) is 2. The van der Waals surface area contributed by atoms with Gasteiger partial charge in [0, 0.05) is 27.8 Å². The fraction of sp³-hybridized carbons (Fsp3) is 0.268. The predicted molar refractivity (Wildman–Crippen MR) is 194 cm³/mol. The third kappa shape index (κ3) is 6.18. The average Bonchev–Trinajstić information content (AvgIpc) is 3.78. The van der Waals surface area contributed by atoms with Crippen molar-refractivity contribution in [3.63, 3.8) is 0 Å². The predicted octanol–water partition coefficient (Wildman–Crippen LogP) is 8.25. The molecule has 1 saturated carbocycles. The smallest absolute Gasteiger partial charge is 0.338 e. The zero-order valence-electron chi connectivity index (χ0n) is 27.5. The number of rotatable bonds is 9. The van der Waals surface area contributed by atoms with Crippen LogP contribution in [-0.2, 0) is 18.7 Å². The van der Waals surface area contributed by atoms with Gasteiger partial charge in [-0.2, -0.15) is 0 Å². The SMILES string of the molecule is CC(C)(C)[Si](O[C@H](/C=C/[C@@H]1[C@H]2CC(=O)O[C@H]2C[C@H]1OC(=O)c1ccccc1)c1cc2ccccc2s1)(c1ccccc1)c1ccccc1. The minimum atomic E-state index is -2.95. The molecule has 244 valence electrons. The minimum absolute atomic E-state index is 0.0711. The summed E-state index contributed by atoms with van der Waals surface area (Å²) in [5.74, 6) is -0.831. The van der Waals surface area contributed by atoms with Gasteiger partial charge in [0.15, 0.2) is 0 Å². The molecule has 1 aliphatic heterocycles. The van der Waals surface area contributed by atoms with E-state index in [1.807, 2.05) is 18.2 Å². The van der Waals surface area contributed by atoms with E-state index in [1.54, 1.807) is 23.5 Å². The number of hydrogen-bond acceptors (Lipinski definition) is 6. The second kappa shape index (κ2) is 13.3. The van der Waals surface area contributed by atoms with Crippen LogP contribution in [0, 0.1) is 11.8 Å². The molecule has 4 aromatic carbocycles. The molecule has 2 heterocycles. The van der Waals surface area contributed by atoms with Gasteiger partial charge in [-0.25, -0.2) is 4.79 Å². The largest absolute Gasteiger partial charge is 0.462 e. The molecular weight excluding hydrogens is 633 g/mol. The van der Waals surface area contributed by atoms with E-state index in [1.165, 1.54) is 20.5 Å². The highest BCUT2D eigenvalue weighted by Gasteiger charge is 2.53. The molecule has 7 heteroatoms. The van der Waals surface area contributed by atoms with E-state index < -0.39 is 20.5 Å². The van der Waals surface area contributed by atoms with Crippen LogP contribution >= 0.6 is 11.3 Å². The first-order chi connectivity index (χ1) is 23.2. The van der Waals surface area contributed by atoms with Crippen molar-refractivity contribution in [1.82, 2.24) is 0 Å². The van der Waals surface area contributed by atoms with Crippen molar-refractivity contribution in [2.24, 2.45) is 11.8 Å². The molecule has 5 atom stereocenters. The zero-order chi connectivity index (χ0) is 33.3. The van der Waals surface area contributed by atoms with Gasteiger partial charge < -0.3 is 13.9 Å². The Morgan fingerprint density at radius 3 is 2.10 bits per heavy atom. The molecule has 1 aliphatic carbocycles. The van der Waals surface area contributed by atoms with Crippen molar-refractivity contribution in [3.8, 4) is 0 Å². The van der Waals surface area contributed by atoms with Gasteiger partial charge in [0.05, 0.1) is 18.1 Å². The monoisotopic (exact) mass is 672 g/mol. The Morgan fingerprint density at radius 1 is 0.875 bits per heavy atom. The highest BCUT2D eigenvalue weighted by atomic mass is 32.1. The van der Waals surface area contributed by atoms with Crippen molar-refractivity contribution in [2.75, 3.05) is 0 Å². The first kappa shape index (κ1) is 32.3. The normalized spacial score (nSPS) is 21.7. The topological polar surface area (TPSA) is 61.8 Å². The summed E-state index contributed by atoms with van der Waals surface area (Å²) in [6, 6.07) is 41.0. The molecular formula is C41H40O5SSi. The molecule has 48 heavy (non-hydrogen) atoms. The number of fused-ring (bicyclic) bond motifs is 2. The summed E-state index contributed by atoms with van der Waals surface area (Å²) >= 11 is 1.74. The van der Waals surface area contributed by atoms with Crippen LogP contribution in [-0.4, -0.2) is 32.5 Å². The van der Waals surface area contributed by atoms with Crippen LogP contribution in [0.4, 0.5) is 0 Å². The average molecular weight is 673 g/mol. The second-order valence-electron chi connectivity index (χ2n) is 13.8. The summed E-state index contributed by atoms with van der Waals surface area (Å²) in [5, 5.41) is 3.35. The van der Waals surface area contributed by atoms with Crippen LogP contribution in [0.15, 0.2) is 133 Å². The molecule has 0 bridgehead atoms. The molecule has 7 rings (SSSR count). The van der Waals surface area contributed by atoms with Gasteiger partial charge in [-0.1, -0.05) is 130 Å². The fourth-order valence-electron chi connectivity index (χ4n) is 7.52. The molecule has 1 saturated heterocycles. The number of carbonyl (C=O) groups excluding carboxylic acids is 2.